The summed E-state index contributed by atoms with van der Waals surface area (Å²) in [5.41, 5.74) is 8.30. The molecule has 0 saturated carbocycles. The quantitative estimate of drug-likeness (QED) is 0.783. The van der Waals surface area contributed by atoms with Crippen molar-refractivity contribution in [2.24, 2.45) is 5.73 Å². The van der Waals surface area contributed by atoms with Gasteiger partial charge in [0.25, 0.3) is 0 Å². The number of anilines is 1. The van der Waals surface area contributed by atoms with Crippen molar-refractivity contribution in [1.82, 2.24) is 10.2 Å². The fraction of sp³-hybridized carbons (Fsp3) is 0.250. The van der Waals surface area contributed by atoms with E-state index in [4.69, 9.17) is 17.3 Å². The molecular formula is C16H17ClN4O4. The largest absolute Gasteiger partial charge is 0.469 e. The third-order valence-electron chi connectivity index (χ3n) is 3.39. The summed E-state index contributed by atoms with van der Waals surface area (Å²) in [7, 11) is 2.57. The molecule has 0 spiro atoms. The van der Waals surface area contributed by atoms with Crippen LogP contribution in [0.3, 0.4) is 0 Å². The van der Waals surface area contributed by atoms with Crippen molar-refractivity contribution >= 4 is 29.4 Å². The summed E-state index contributed by atoms with van der Waals surface area (Å²) in [4.78, 5) is 22.5. The molecule has 132 valence electrons. The standard InChI is InChI=1S/C16H17ClN4O4/c1-24-14(22)8-12(18)13-7-11(15(17)21-20-13)9-3-5-10(6-4-9)19-16(23)25-2/h3-7,12H,8,18H2,1-2H3,(H,19,23). The first kappa shape index (κ1) is 18.6. The number of nitrogens with zero attached hydrogens (tertiary/aromatic N) is 2. The lowest BCUT2D eigenvalue weighted by Crippen LogP contribution is -2.18. The Morgan fingerprint density at radius 2 is 1.88 bits per heavy atom. The van der Waals surface area contributed by atoms with Crippen LogP contribution in [0.1, 0.15) is 18.2 Å². The minimum Gasteiger partial charge on any atom is -0.469 e. The highest BCUT2D eigenvalue weighted by Gasteiger charge is 2.16. The Kier molecular flexibility index (Phi) is 6.26. The molecule has 1 atom stereocenters. The third-order valence-corrected chi connectivity index (χ3v) is 3.67. The van der Waals surface area contributed by atoms with Crippen LogP contribution in [0.25, 0.3) is 11.1 Å². The molecule has 0 aliphatic heterocycles. The van der Waals surface area contributed by atoms with Crippen LogP contribution >= 0.6 is 11.6 Å². The zero-order chi connectivity index (χ0) is 18.4. The highest BCUT2D eigenvalue weighted by atomic mass is 35.5. The minimum atomic E-state index is -0.656. The summed E-state index contributed by atoms with van der Waals surface area (Å²) >= 11 is 6.12. The van der Waals surface area contributed by atoms with Gasteiger partial charge in [0.2, 0.25) is 0 Å². The van der Waals surface area contributed by atoms with Crippen LogP contribution in [-0.2, 0) is 14.3 Å². The van der Waals surface area contributed by atoms with E-state index >= 15 is 0 Å². The predicted molar refractivity (Wildman–Crippen MR) is 92.1 cm³/mol. The van der Waals surface area contributed by atoms with Crippen LogP contribution < -0.4 is 11.1 Å². The number of carbonyl (C=O) groups is 2. The lowest BCUT2D eigenvalue weighted by Gasteiger charge is -2.12. The summed E-state index contributed by atoms with van der Waals surface area (Å²) in [6.45, 7) is 0. The van der Waals surface area contributed by atoms with Crippen molar-refractivity contribution in [3.05, 3.63) is 41.2 Å². The maximum atomic E-state index is 11.3. The number of aromatic nitrogens is 2. The second-order valence-corrected chi connectivity index (χ2v) is 5.41. The third kappa shape index (κ3) is 4.88. The van der Waals surface area contributed by atoms with Gasteiger partial charge in [-0.05, 0) is 23.8 Å². The first-order valence-corrected chi connectivity index (χ1v) is 7.63. The number of hydrogen-bond donors (Lipinski definition) is 2. The Hall–Kier alpha value is -2.71. The lowest BCUT2D eigenvalue weighted by molar-refractivity contribution is -0.141. The van der Waals surface area contributed by atoms with Crippen LogP contribution in [-0.4, -0.2) is 36.5 Å². The molecule has 1 unspecified atom stereocenters. The van der Waals surface area contributed by atoms with Gasteiger partial charge in [-0.3, -0.25) is 10.1 Å². The van der Waals surface area contributed by atoms with Crippen LogP contribution in [0.4, 0.5) is 10.5 Å². The van der Waals surface area contributed by atoms with Crippen molar-refractivity contribution in [2.75, 3.05) is 19.5 Å². The Labute approximate surface area is 149 Å². The molecule has 1 heterocycles. The van der Waals surface area contributed by atoms with E-state index in [1.54, 1.807) is 30.3 Å². The van der Waals surface area contributed by atoms with E-state index in [1.165, 1.54) is 14.2 Å². The van der Waals surface area contributed by atoms with E-state index in [1.807, 2.05) is 0 Å². The Morgan fingerprint density at radius 3 is 2.48 bits per heavy atom. The van der Waals surface area contributed by atoms with Crippen molar-refractivity contribution in [1.29, 1.82) is 0 Å². The number of nitrogens with two attached hydrogens (primary N) is 1. The van der Waals surface area contributed by atoms with Crippen LogP contribution in [0.15, 0.2) is 30.3 Å². The highest BCUT2D eigenvalue weighted by molar-refractivity contribution is 6.32. The normalized spacial score (nSPS) is 11.5. The molecule has 9 heteroatoms. The van der Waals surface area contributed by atoms with Gasteiger partial charge in [0.05, 0.1) is 32.4 Å². The Morgan fingerprint density at radius 1 is 1.20 bits per heavy atom. The number of methoxy groups -OCH3 is 2. The Balaban J connectivity index is 2.25. The molecule has 0 aliphatic carbocycles. The highest BCUT2D eigenvalue weighted by Crippen LogP contribution is 2.29. The number of benzene rings is 1. The van der Waals surface area contributed by atoms with E-state index in [-0.39, 0.29) is 11.6 Å². The first-order valence-electron chi connectivity index (χ1n) is 7.25. The topological polar surface area (TPSA) is 116 Å². The van der Waals surface area contributed by atoms with Gasteiger partial charge in [-0.1, -0.05) is 23.7 Å². The average Bonchev–Trinajstić information content (AvgIpc) is 2.62. The van der Waals surface area contributed by atoms with Gasteiger partial charge in [0, 0.05) is 11.3 Å². The second-order valence-electron chi connectivity index (χ2n) is 5.05. The average molecular weight is 365 g/mol. The van der Waals surface area contributed by atoms with Crippen molar-refractivity contribution in [2.45, 2.75) is 12.5 Å². The van der Waals surface area contributed by atoms with Crippen LogP contribution in [0.5, 0.6) is 0 Å². The molecule has 0 bridgehead atoms. The van der Waals surface area contributed by atoms with Crippen molar-refractivity contribution < 1.29 is 19.1 Å². The fourth-order valence-corrected chi connectivity index (χ4v) is 2.25. The van der Waals surface area contributed by atoms with Crippen LogP contribution in [0.2, 0.25) is 5.15 Å². The molecular weight excluding hydrogens is 348 g/mol. The van der Waals surface area contributed by atoms with E-state index in [2.05, 4.69) is 25.0 Å². The number of amides is 1. The summed E-state index contributed by atoms with van der Waals surface area (Å²) in [6.07, 6.45) is -0.582. The van der Waals surface area contributed by atoms with Crippen LogP contribution in [0, 0.1) is 0 Å². The van der Waals surface area contributed by atoms with Crippen molar-refractivity contribution in [3.63, 3.8) is 0 Å². The summed E-state index contributed by atoms with van der Waals surface area (Å²) < 4.78 is 9.13. The summed E-state index contributed by atoms with van der Waals surface area (Å²) in [5, 5.41) is 10.6. The van der Waals surface area contributed by atoms with E-state index in [0.717, 1.165) is 5.56 Å². The van der Waals surface area contributed by atoms with E-state index < -0.39 is 18.1 Å². The minimum absolute atomic E-state index is 0.0196. The van der Waals surface area contributed by atoms with Gasteiger partial charge in [-0.15, -0.1) is 5.10 Å². The number of esters is 1. The molecule has 8 nitrogen and oxygen atoms in total. The molecule has 1 aromatic carbocycles. The van der Waals surface area contributed by atoms with E-state index in [0.29, 0.717) is 16.9 Å². The lowest BCUT2D eigenvalue weighted by atomic mass is 10.0. The SMILES string of the molecule is COC(=O)CC(N)c1cc(-c2ccc(NC(=O)OC)cc2)c(Cl)nn1. The molecule has 3 N–H and O–H groups in total. The maximum Gasteiger partial charge on any atom is 0.411 e. The molecule has 0 aliphatic rings. The number of rotatable bonds is 5. The number of ether oxygens (including phenoxy) is 2. The number of hydrogen-bond acceptors (Lipinski definition) is 7. The Bertz CT molecular complexity index is 767. The molecule has 0 fully saturated rings. The van der Waals surface area contributed by atoms with Crippen molar-refractivity contribution in [3.8, 4) is 11.1 Å². The summed E-state index contributed by atoms with van der Waals surface area (Å²) in [6, 6.07) is 7.91. The van der Waals surface area contributed by atoms with Gasteiger partial charge in [0.1, 0.15) is 0 Å². The monoisotopic (exact) mass is 364 g/mol. The predicted octanol–water partition coefficient (Wildman–Crippen LogP) is 2.54. The number of nitrogens with one attached hydrogen (secondary N) is 1. The van der Waals surface area contributed by atoms with Gasteiger partial charge >= 0.3 is 12.1 Å². The molecule has 25 heavy (non-hydrogen) atoms. The molecule has 0 radical (unpaired) electrons. The molecule has 1 aromatic heterocycles. The molecule has 2 aromatic rings. The fourth-order valence-electron chi connectivity index (χ4n) is 2.04. The first-order chi connectivity index (χ1) is 11.9. The van der Waals surface area contributed by atoms with E-state index in [9.17, 15) is 9.59 Å². The molecule has 1 amide bonds. The van der Waals surface area contributed by atoms with Gasteiger partial charge < -0.3 is 15.2 Å². The zero-order valence-corrected chi connectivity index (χ0v) is 14.4. The number of carbonyl (C=O) groups excluding carboxylic acids is 2. The molecule has 2 rings (SSSR count). The summed E-state index contributed by atoms with van der Waals surface area (Å²) in [5.74, 6) is -0.441. The number of halogens is 1. The van der Waals surface area contributed by atoms with Gasteiger partial charge in [-0.2, -0.15) is 5.10 Å². The molecule has 0 saturated heterocycles. The van der Waals surface area contributed by atoms with Gasteiger partial charge in [0.15, 0.2) is 5.15 Å². The van der Waals surface area contributed by atoms with Gasteiger partial charge in [-0.25, -0.2) is 4.79 Å². The zero-order valence-electron chi connectivity index (χ0n) is 13.7. The smallest absolute Gasteiger partial charge is 0.411 e. The second kappa shape index (κ2) is 8.41. The maximum absolute atomic E-state index is 11.3.